The van der Waals surface area contributed by atoms with Gasteiger partial charge in [0.2, 0.25) is 0 Å². The van der Waals surface area contributed by atoms with E-state index in [4.69, 9.17) is 21.4 Å². The van der Waals surface area contributed by atoms with E-state index in [9.17, 15) is 4.79 Å². The van der Waals surface area contributed by atoms with Gasteiger partial charge in [-0.1, -0.05) is 23.7 Å². The molecular weight excluding hydrogens is 192 g/mol. The highest BCUT2D eigenvalue weighted by Crippen LogP contribution is 2.22. The number of ether oxygens (including phenoxy) is 1. The molecule has 0 heterocycles. The molecule has 0 amide bonds. The molecule has 0 unspecified atom stereocenters. The van der Waals surface area contributed by atoms with Gasteiger partial charge in [-0.15, -0.1) is 0 Å². The molecule has 1 rings (SSSR count). The van der Waals surface area contributed by atoms with Crippen molar-refractivity contribution in [3.05, 3.63) is 29.3 Å². The zero-order valence-corrected chi connectivity index (χ0v) is 7.62. The summed E-state index contributed by atoms with van der Waals surface area (Å²) in [6.45, 7) is 0.138. The fraction of sp³-hybridized carbons (Fsp3) is 0.222. The number of hydrogen-bond acceptors (Lipinski definition) is 2. The number of rotatable bonds is 4. The van der Waals surface area contributed by atoms with Crippen LogP contribution in [-0.4, -0.2) is 17.7 Å². The Hall–Kier alpha value is -1.22. The Kier molecular flexibility index (Phi) is 3.58. The zero-order valence-electron chi connectivity index (χ0n) is 6.87. The first-order valence-electron chi connectivity index (χ1n) is 3.79. The van der Waals surface area contributed by atoms with Gasteiger partial charge in [-0.3, -0.25) is 4.79 Å². The molecule has 4 heteroatoms. The summed E-state index contributed by atoms with van der Waals surface area (Å²) in [6.07, 6.45) is -0.0226. The average Bonchev–Trinajstić information content (AvgIpc) is 2.08. The van der Waals surface area contributed by atoms with Crippen LogP contribution in [0.4, 0.5) is 0 Å². The van der Waals surface area contributed by atoms with E-state index in [0.717, 1.165) is 0 Å². The van der Waals surface area contributed by atoms with E-state index >= 15 is 0 Å². The quantitative estimate of drug-likeness (QED) is 0.811. The Bertz CT molecular complexity index is 299. The first kappa shape index (κ1) is 9.86. The van der Waals surface area contributed by atoms with Crippen molar-refractivity contribution in [1.29, 1.82) is 0 Å². The van der Waals surface area contributed by atoms with Crippen molar-refractivity contribution in [3.8, 4) is 5.75 Å². The lowest BCUT2D eigenvalue weighted by atomic mass is 10.3. The van der Waals surface area contributed by atoms with Crippen molar-refractivity contribution in [2.24, 2.45) is 0 Å². The van der Waals surface area contributed by atoms with E-state index in [1.54, 1.807) is 24.3 Å². The molecule has 0 aromatic heterocycles. The second kappa shape index (κ2) is 4.72. The van der Waals surface area contributed by atoms with E-state index in [1.807, 2.05) is 0 Å². The fourth-order valence-corrected chi connectivity index (χ4v) is 1.00. The van der Waals surface area contributed by atoms with Crippen LogP contribution < -0.4 is 4.74 Å². The molecule has 1 aromatic carbocycles. The lowest BCUT2D eigenvalue weighted by molar-refractivity contribution is -0.137. The monoisotopic (exact) mass is 200 g/mol. The zero-order chi connectivity index (χ0) is 9.68. The highest BCUT2D eigenvalue weighted by Gasteiger charge is 2.01. The molecule has 0 fully saturated rings. The van der Waals surface area contributed by atoms with Gasteiger partial charge in [-0.25, -0.2) is 0 Å². The normalized spacial score (nSPS) is 9.62. The second-order valence-corrected chi connectivity index (χ2v) is 2.83. The van der Waals surface area contributed by atoms with Gasteiger partial charge in [0.05, 0.1) is 18.1 Å². The van der Waals surface area contributed by atoms with Crippen LogP contribution in [0.25, 0.3) is 0 Å². The smallest absolute Gasteiger partial charge is 0.306 e. The van der Waals surface area contributed by atoms with Gasteiger partial charge in [-0.05, 0) is 12.1 Å². The number of benzene rings is 1. The molecule has 3 nitrogen and oxygen atoms in total. The van der Waals surface area contributed by atoms with Crippen LogP contribution in [0.15, 0.2) is 24.3 Å². The van der Waals surface area contributed by atoms with Crippen LogP contribution >= 0.6 is 11.6 Å². The maximum absolute atomic E-state index is 10.2. The van der Waals surface area contributed by atoms with Crippen molar-refractivity contribution in [2.45, 2.75) is 6.42 Å². The van der Waals surface area contributed by atoms with E-state index in [2.05, 4.69) is 0 Å². The molecule has 0 atom stereocenters. The highest BCUT2D eigenvalue weighted by atomic mass is 35.5. The molecule has 0 aliphatic heterocycles. The maximum Gasteiger partial charge on any atom is 0.306 e. The molecule has 0 aliphatic rings. The highest BCUT2D eigenvalue weighted by molar-refractivity contribution is 6.32. The van der Waals surface area contributed by atoms with Gasteiger partial charge in [-0.2, -0.15) is 0 Å². The number of para-hydroxylation sites is 1. The lowest BCUT2D eigenvalue weighted by Crippen LogP contribution is -2.04. The SMILES string of the molecule is O=C(O)CCOc1ccccc1Cl. The summed E-state index contributed by atoms with van der Waals surface area (Å²) in [5.74, 6) is -0.363. The minimum atomic E-state index is -0.882. The molecule has 0 bridgehead atoms. The molecule has 1 aromatic rings. The third-order valence-corrected chi connectivity index (χ3v) is 1.72. The summed E-state index contributed by atoms with van der Waals surface area (Å²) in [5, 5.41) is 8.84. The third-order valence-electron chi connectivity index (χ3n) is 1.41. The summed E-state index contributed by atoms with van der Waals surface area (Å²) in [6, 6.07) is 6.95. The summed E-state index contributed by atoms with van der Waals surface area (Å²) in [4.78, 5) is 10.2. The van der Waals surface area contributed by atoms with E-state index in [0.29, 0.717) is 10.8 Å². The van der Waals surface area contributed by atoms with Crippen molar-refractivity contribution in [2.75, 3.05) is 6.61 Å². The lowest BCUT2D eigenvalue weighted by Gasteiger charge is -2.05. The largest absolute Gasteiger partial charge is 0.491 e. The summed E-state index contributed by atoms with van der Waals surface area (Å²) in [7, 11) is 0. The molecule has 0 aliphatic carbocycles. The molecule has 1 N–H and O–H groups in total. The number of halogens is 1. The first-order valence-corrected chi connectivity index (χ1v) is 4.17. The van der Waals surface area contributed by atoms with Gasteiger partial charge in [0.15, 0.2) is 0 Å². The molecule has 70 valence electrons. The van der Waals surface area contributed by atoms with Crippen molar-refractivity contribution in [1.82, 2.24) is 0 Å². The number of aliphatic carboxylic acids is 1. The fourth-order valence-electron chi connectivity index (χ4n) is 0.810. The summed E-state index contributed by atoms with van der Waals surface area (Å²) in [5.41, 5.74) is 0. The summed E-state index contributed by atoms with van der Waals surface area (Å²) < 4.78 is 5.13. The van der Waals surface area contributed by atoms with Gasteiger partial charge in [0.1, 0.15) is 5.75 Å². The third kappa shape index (κ3) is 3.34. The second-order valence-electron chi connectivity index (χ2n) is 2.42. The predicted molar refractivity (Wildman–Crippen MR) is 49.2 cm³/mol. The van der Waals surface area contributed by atoms with Crippen LogP contribution in [0.3, 0.4) is 0 Å². The number of carboxylic acids is 1. The molecule has 0 saturated heterocycles. The molecule has 0 radical (unpaired) electrons. The number of carboxylic acid groups (broad SMARTS) is 1. The van der Waals surface area contributed by atoms with Crippen LogP contribution in [0, 0.1) is 0 Å². The molecule has 13 heavy (non-hydrogen) atoms. The van der Waals surface area contributed by atoms with Crippen LogP contribution in [0.2, 0.25) is 5.02 Å². The van der Waals surface area contributed by atoms with Crippen LogP contribution in [0.5, 0.6) is 5.75 Å². The Morgan fingerprint density at radius 1 is 1.46 bits per heavy atom. The predicted octanol–water partition coefficient (Wildman–Crippen LogP) is 2.19. The van der Waals surface area contributed by atoms with Gasteiger partial charge in [0, 0.05) is 0 Å². The standard InChI is InChI=1S/C9H9ClO3/c10-7-3-1-2-4-8(7)13-6-5-9(11)12/h1-4H,5-6H2,(H,11,12). The molecule has 0 spiro atoms. The van der Waals surface area contributed by atoms with Gasteiger partial charge >= 0.3 is 5.97 Å². The van der Waals surface area contributed by atoms with E-state index in [1.165, 1.54) is 0 Å². The summed E-state index contributed by atoms with van der Waals surface area (Å²) >= 11 is 5.77. The minimum absolute atomic E-state index is 0.0226. The van der Waals surface area contributed by atoms with Crippen LogP contribution in [0.1, 0.15) is 6.42 Å². The van der Waals surface area contributed by atoms with Gasteiger partial charge in [0.25, 0.3) is 0 Å². The molecular formula is C9H9ClO3. The first-order chi connectivity index (χ1) is 6.20. The Balaban J connectivity index is 2.45. The topological polar surface area (TPSA) is 46.5 Å². The van der Waals surface area contributed by atoms with Crippen LogP contribution in [-0.2, 0) is 4.79 Å². The van der Waals surface area contributed by atoms with Crippen molar-refractivity contribution < 1.29 is 14.6 Å². The number of hydrogen-bond donors (Lipinski definition) is 1. The minimum Gasteiger partial charge on any atom is -0.491 e. The molecule has 0 saturated carbocycles. The van der Waals surface area contributed by atoms with Crippen molar-refractivity contribution >= 4 is 17.6 Å². The number of carbonyl (C=O) groups is 1. The Labute approximate surface area is 80.9 Å². The Morgan fingerprint density at radius 2 is 2.15 bits per heavy atom. The Morgan fingerprint density at radius 3 is 2.77 bits per heavy atom. The maximum atomic E-state index is 10.2. The van der Waals surface area contributed by atoms with E-state index in [-0.39, 0.29) is 13.0 Å². The van der Waals surface area contributed by atoms with E-state index < -0.39 is 5.97 Å². The van der Waals surface area contributed by atoms with Crippen molar-refractivity contribution in [3.63, 3.8) is 0 Å². The van der Waals surface area contributed by atoms with Gasteiger partial charge < -0.3 is 9.84 Å². The average molecular weight is 201 g/mol.